The minimum absolute atomic E-state index is 0.0885. The van der Waals surface area contributed by atoms with Gasteiger partial charge < -0.3 is 10.0 Å². The van der Waals surface area contributed by atoms with Crippen LogP contribution in [-0.4, -0.2) is 40.1 Å². The van der Waals surface area contributed by atoms with Gasteiger partial charge in [-0.3, -0.25) is 9.78 Å². The Hall–Kier alpha value is -1.94. The van der Waals surface area contributed by atoms with Crippen molar-refractivity contribution in [2.24, 2.45) is 5.92 Å². The molecule has 1 saturated carbocycles. The number of pyridine rings is 1. The number of hydrogen-bond acceptors (Lipinski definition) is 3. The van der Waals surface area contributed by atoms with Crippen LogP contribution in [0, 0.1) is 12.8 Å². The third-order valence-electron chi connectivity index (χ3n) is 5.71. The largest absolute Gasteiger partial charge is 0.396 e. The van der Waals surface area contributed by atoms with Gasteiger partial charge in [0.2, 0.25) is 0 Å². The third-order valence-corrected chi connectivity index (χ3v) is 5.71. The standard InChI is InChI=1S/C21H26N2O2/c1-13-3-8-19-17(9-13)18(10-20(22-19)16-6-7-16)21(25)23-11-15(12-24)5-4-14(23)2/h3,8-10,14-16,24H,4-7,11-12H2,1-2H3. The van der Waals surface area contributed by atoms with Crippen molar-refractivity contribution >= 4 is 16.8 Å². The van der Waals surface area contributed by atoms with E-state index in [1.165, 1.54) is 12.8 Å². The summed E-state index contributed by atoms with van der Waals surface area (Å²) < 4.78 is 0. The molecular weight excluding hydrogens is 312 g/mol. The van der Waals surface area contributed by atoms with Crippen LogP contribution in [0.15, 0.2) is 24.3 Å². The molecule has 2 atom stereocenters. The van der Waals surface area contributed by atoms with Crippen molar-refractivity contribution in [2.75, 3.05) is 13.2 Å². The number of aryl methyl sites for hydroxylation is 1. The van der Waals surface area contributed by atoms with E-state index in [1.807, 2.05) is 24.0 Å². The number of aliphatic hydroxyl groups excluding tert-OH is 1. The number of benzene rings is 1. The van der Waals surface area contributed by atoms with Crippen LogP contribution in [0.2, 0.25) is 0 Å². The second-order valence-corrected chi connectivity index (χ2v) is 7.82. The van der Waals surface area contributed by atoms with Gasteiger partial charge in [0, 0.05) is 36.2 Å². The van der Waals surface area contributed by atoms with Crippen LogP contribution in [0.4, 0.5) is 0 Å². The topological polar surface area (TPSA) is 53.4 Å². The molecule has 1 aliphatic heterocycles. The zero-order valence-corrected chi connectivity index (χ0v) is 15.0. The Bertz CT molecular complexity index is 813. The van der Waals surface area contributed by atoms with Crippen molar-refractivity contribution in [3.8, 4) is 0 Å². The monoisotopic (exact) mass is 338 g/mol. The molecule has 1 saturated heterocycles. The van der Waals surface area contributed by atoms with E-state index in [4.69, 9.17) is 4.98 Å². The number of amides is 1. The molecule has 2 aliphatic rings. The first kappa shape index (κ1) is 16.5. The SMILES string of the molecule is Cc1ccc2nc(C3CC3)cc(C(=O)N3CC(CO)CCC3C)c2c1. The van der Waals surface area contributed by atoms with Crippen LogP contribution in [0.1, 0.15) is 60.1 Å². The Labute approximate surface area is 148 Å². The number of aromatic nitrogens is 1. The van der Waals surface area contributed by atoms with E-state index in [0.717, 1.165) is 40.6 Å². The summed E-state index contributed by atoms with van der Waals surface area (Å²) in [6.45, 7) is 4.96. The molecule has 2 unspecified atom stereocenters. The molecule has 4 heteroatoms. The van der Waals surface area contributed by atoms with Gasteiger partial charge in [0.05, 0.1) is 11.1 Å². The van der Waals surface area contributed by atoms with Crippen LogP contribution in [0.25, 0.3) is 10.9 Å². The molecule has 1 aromatic heterocycles. The van der Waals surface area contributed by atoms with Crippen LogP contribution in [0.5, 0.6) is 0 Å². The van der Waals surface area contributed by atoms with Crippen molar-refractivity contribution in [1.82, 2.24) is 9.88 Å². The summed E-state index contributed by atoms with van der Waals surface area (Å²) in [6.07, 6.45) is 4.29. The Kier molecular flexibility index (Phi) is 4.24. The van der Waals surface area contributed by atoms with E-state index in [1.54, 1.807) is 0 Å². The number of carbonyl (C=O) groups excluding carboxylic acids is 1. The summed E-state index contributed by atoms with van der Waals surface area (Å²) in [7, 11) is 0. The number of nitrogens with zero attached hydrogens (tertiary/aromatic N) is 2. The van der Waals surface area contributed by atoms with Gasteiger partial charge in [-0.2, -0.15) is 0 Å². The van der Waals surface area contributed by atoms with Gasteiger partial charge in [0.1, 0.15) is 0 Å². The van der Waals surface area contributed by atoms with Gasteiger partial charge in [0.25, 0.3) is 5.91 Å². The Morgan fingerprint density at radius 1 is 1.24 bits per heavy atom. The summed E-state index contributed by atoms with van der Waals surface area (Å²) >= 11 is 0. The first-order valence-electron chi connectivity index (χ1n) is 9.40. The van der Waals surface area contributed by atoms with E-state index in [2.05, 4.69) is 19.1 Å². The Balaban J connectivity index is 1.78. The molecule has 2 heterocycles. The summed E-state index contributed by atoms with van der Waals surface area (Å²) in [5.41, 5.74) is 3.90. The van der Waals surface area contributed by atoms with Crippen molar-refractivity contribution < 1.29 is 9.90 Å². The second-order valence-electron chi connectivity index (χ2n) is 7.82. The van der Waals surface area contributed by atoms with E-state index < -0.39 is 0 Å². The number of fused-ring (bicyclic) bond motifs is 1. The first-order valence-corrected chi connectivity index (χ1v) is 9.40. The number of likely N-dealkylation sites (tertiary alicyclic amines) is 1. The highest BCUT2D eigenvalue weighted by molar-refractivity contribution is 6.06. The predicted molar refractivity (Wildman–Crippen MR) is 98.8 cm³/mol. The second kappa shape index (κ2) is 6.41. The van der Waals surface area contributed by atoms with Gasteiger partial charge in [-0.05, 0) is 63.6 Å². The van der Waals surface area contributed by atoms with Crippen LogP contribution >= 0.6 is 0 Å². The van der Waals surface area contributed by atoms with E-state index >= 15 is 0 Å². The van der Waals surface area contributed by atoms with Crippen LogP contribution < -0.4 is 0 Å². The molecule has 0 bridgehead atoms. The molecule has 1 N–H and O–H groups in total. The highest BCUT2D eigenvalue weighted by atomic mass is 16.3. The van der Waals surface area contributed by atoms with E-state index in [-0.39, 0.29) is 24.5 Å². The summed E-state index contributed by atoms with van der Waals surface area (Å²) in [5.74, 6) is 0.796. The zero-order valence-electron chi connectivity index (χ0n) is 15.0. The Morgan fingerprint density at radius 3 is 2.76 bits per heavy atom. The first-order chi connectivity index (χ1) is 12.1. The molecule has 1 aromatic carbocycles. The number of hydrogen-bond donors (Lipinski definition) is 1. The maximum atomic E-state index is 13.4. The third kappa shape index (κ3) is 3.15. The average Bonchev–Trinajstić information content (AvgIpc) is 3.46. The molecule has 25 heavy (non-hydrogen) atoms. The molecule has 132 valence electrons. The molecule has 0 radical (unpaired) electrons. The van der Waals surface area contributed by atoms with Crippen molar-refractivity contribution in [1.29, 1.82) is 0 Å². The number of rotatable bonds is 3. The van der Waals surface area contributed by atoms with Gasteiger partial charge in [-0.25, -0.2) is 0 Å². The fraction of sp³-hybridized carbons (Fsp3) is 0.524. The minimum atomic E-state index is 0.0885. The molecule has 1 aliphatic carbocycles. The van der Waals surface area contributed by atoms with Gasteiger partial charge in [-0.15, -0.1) is 0 Å². The van der Waals surface area contributed by atoms with Crippen molar-refractivity contribution in [3.05, 3.63) is 41.1 Å². The smallest absolute Gasteiger partial charge is 0.254 e. The minimum Gasteiger partial charge on any atom is -0.396 e. The van der Waals surface area contributed by atoms with E-state index in [9.17, 15) is 9.90 Å². The zero-order chi connectivity index (χ0) is 17.6. The van der Waals surface area contributed by atoms with Crippen molar-refractivity contribution in [3.63, 3.8) is 0 Å². The van der Waals surface area contributed by atoms with Gasteiger partial charge >= 0.3 is 0 Å². The molecule has 4 rings (SSSR count). The average molecular weight is 338 g/mol. The fourth-order valence-electron chi connectivity index (χ4n) is 3.89. The number of piperidine rings is 1. The molecule has 2 fully saturated rings. The summed E-state index contributed by atoms with van der Waals surface area (Å²) in [6, 6.07) is 8.41. The normalized spacial score (nSPS) is 23.9. The molecule has 0 spiro atoms. The lowest BCUT2D eigenvalue weighted by molar-refractivity contribution is 0.0490. The lowest BCUT2D eigenvalue weighted by Crippen LogP contribution is -2.46. The number of aliphatic hydroxyl groups is 1. The van der Waals surface area contributed by atoms with E-state index in [0.29, 0.717) is 12.5 Å². The summed E-state index contributed by atoms with van der Waals surface area (Å²) in [4.78, 5) is 20.2. The fourth-order valence-corrected chi connectivity index (χ4v) is 3.89. The van der Waals surface area contributed by atoms with Gasteiger partial charge in [0.15, 0.2) is 0 Å². The predicted octanol–water partition coefficient (Wildman–Crippen LogP) is 3.65. The molecular formula is C21H26N2O2. The number of carbonyl (C=O) groups is 1. The lowest BCUT2D eigenvalue weighted by Gasteiger charge is -2.37. The molecule has 2 aromatic rings. The highest BCUT2D eigenvalue weighted by Gasteiger charge is 2.32. The lowest BCUT2D eigenvalue weighted by atomic mass is 9.92. The maximum Gasteiger partial charge on any atom is 0.254 e. The summed E-state index contributed by atoms with van der Waals surface area (Å²) in [5, 5.41) is 10.5. The molecule has 4 nitrogen and oxygen atoms in total. The van der Waals surface area contributed by atoms with Crippen LogP contribution in [0.3, 0.4) is 0 Å². The maximum absolute atomic E-state index is 13.4. The molecule has 1 amide bonds. The quantitative estimate of drug-likeness (QED) is 0.929. The van der Waals surface area contributed by atoms with Gasteiger partial charge in [-0.1, -0.05) is 11.6 Å². The Morgan fingerprint density at radius 2 is 2.04 bits per heavy atom. The van der Waals surface area contributed by atoms with Crippen LogP contribution in [-0.2, 0) is 0 Å². The van der Waals surface area contributed by atoms with Crippen molar-refractivity contribution in [2.45, 2.75) is 51.5 Å². The highest BCUT2D eigenvalue weighted by Crippen LogP contribution is 2.40.